The zero-order valence-electron chi connectivity index (χ0n) is 18.2. The highest BCUT2D eigenvalue weighted by molar-refractivity contribution is 7.91. The molecule has 9 heteroatoms. The number of carbonyl (C=O) groups is 2. The standard InChI is InChI=1S/C24H24N2O5S2/c1-3-31-20-13-11-19(12-14-20)25-22(27)16-21(24(25)28)26(17(2)18-8-5-4-6-9-18)33(29,30)23-10-7-15-32-23/h4-15,17,21H,3,16H2,1-2H3. The number of nitrogens with zero attached hydrogens (tertiary/aromatic N) is 2. The van der Waals surface area contributed by atoms with Crippen LogP contribution in [0.3, 0.4) is 0 Å². The van der Waals surface area contributed by atoms with Gasteiger partial charge >= 0.3 is 0 Å². The van der Waals surface area contributed by atoms with E-state index in [2.05, 4.69) is 0 Å². The number of carbonyl (C=O) groups excluding carboxylic acids is 2. The molecule has 0 radical (unpaired) electrons. The summed E-state index contributed by atoms with van der Waals surface area (Å²) in [5, 5.41) is 1.67. The Morgan fingerprint density at radius 2 is 1.76 bits per heavy atom. The maximum atomic E-state index is 13.6. The van der Waals surface area contributed by atoms with Gasteiger partial charge in [-0.1, -0.05) is 36.4 Å². The third kappa shape index (κ3) is 4.44. The van der Waals surface area contributed by atoms with Gasteiger partial charge in [0.15, 0.2) is 0 Å². The molecule has 33 heavy (non-hydrogen) atoms. The summed E-state index contributed by atoms with van der Waals surface area (Å²) in [4.78, 5) is 27.5. The molecule has 0 saturated carbocycles. The first-order valence-corrected chi connectivity index (χ1v) is 12.9. The van der Waals surface area contributed by atoms with E-state index in [9.17, 15) is 18.0 Å². The number of hydrogen-bond donors (Lipinski definition) is 0. The lowest BCUT2D eigenvalue weighted by molar-refractivity contribution is -0.122. The lowest BCUT2D eigenvalue weighted by atomic mass is 10.1. The molecule has 0 spiro atoms. The maximum absolute atomic E-state index is 13.6. The van der Waals surface area contributed by atoms with Crippen molar-refractivity contribution in [2.45, 2.75) is 36.6 Å². The molecule has 2 heterocycles. The number of imide groups is 1. The summed E-state index contributed by atoms with van der Waals surface area (Å²) < 4.78 is 34.0. The summed E-state index contributed by atoms with van der Waals surface area (Å²) in [6.07, 6.45) is -0.228. The van der Waals surface area contributed by atoms with Gasteiger partial charge in [0.2, 0.25) is 5.91 Å². The highest BCUT2D eigenvalue weighted by atomic mass is 32.2. The van der Waals surface area contributed by atoms with Gasteiger partial charge < -0.3 is 4.74 Å². The van der Waals surface area contributed by atoms with Crippen LogP contribution in [-0.4, -0.2) is 37.2 Å². The van der Waals surface area contributed by atoms with Crippen molar-refractivity contribution in [2.75, 3.05) is 11.5 Å². The van der Waals surface area contributed by atoms with Gasteiger partial charge in [-0.3, -0.25) is 9.59 Å². The fraction of sp³-hybridized carbons (Fsp3) is 0.250. The van der Waals surface area contributed by atoms with E-state index in [-0.39, 0.29) is 10.6 Å². The number of thiophene rings is 1. The van der Waals surface area contributed by atoms with Crippen LogP contribution in [0.5, 0.6) is 5.75 Å². The second kappa shape index (κ2) is 9.46. The number of amides is 2. The lowest BCUT2D eigenvalue weighted by Gasteiger charge is -2.32. The van der Waals surface area contributed by atoms with Gasteiger partial charge in [0.05, 0.1) is 18.7 Å². The summed E-state index contributed by atoms with van der Waals surface area (Å²) in [5.74, 6) is -0.385. The molecule has 0 N–H and O–H groups in total. The predicted molar refractivity (Wildman–Crippen MR) is 127 cm³/mol. The molecule has 172 valence electrons. The Labute approximate surface area is 197 Å². The molecular weight excluding hydrogens is 460 g/mol. The largest absolute Gasteiger partial charge is 0.494 e. The lowest BCUT2D eigenvalue weighted by Crippen LogP contribution is -2.46. The summed E-state index contributed by atoms with van der Waals surface area (Å²) in [6, 6.07) is 17.1. The Morgan fingerprint density at radius 3 is 2.36 bits per heavy atom. The average Bonchev–Trinajstić information content (AvgIpc) is 3.45. The zero-order chi connectivity index (χ0) is 23.6. The second-order valence-corrected chi connectivity index (χ2v) is 10.6. The van der Waals surface area contributed by atoms with E-state index in [0.29, 0.717) is 18.0 Å². The molecule has 1 fully saturated rings. The molecule has 3 aromatic rings. The molecule has 1 aromatic heterocycles. The van der Waals surface area contributed by atoms with E-state index in [1.54, 1.807) is 42.6 Å². The molecule has 4 rings (SSSR count). The van der Waals surface area contributed by atoms with Gasteiger partial charge in [-0.2, -0.15) is 4.31 Å². The first-order chi connectivity index (χ1) is 15.8. The van der Waals surface area contributed by atoms with E-state index in [0.717, 1.165) is 21.8 Å². The highest BCUT2D eigenvalue weighted by Crippen LogP contribution is 2.36. The third-order valence-corrected chi connectivity index (χ3v) is 8.88. The normalized spacial score (nSPS) is 17.5. The predicted octanol–water partition coefficient (Wildman–Crippen LogP) is 4.23. The smallest absolute Gasteiger partial charge is 0.253 e. The Balaban J connectivity index is 1.73. The Hall–Kier alpha value is -3.01. The van der Waals surface area contributed by atoms with Gasteiger partial charge in [-0.15, -0.1) is 11.3 Å². The monoisotopic (exact) mass is 484 g/mol. The van der Waals surface area contributed by atoms with Crippen LogP contribution >= 0.6 is 11.3 Å². The number of sulfonamides is 1. The highest BCUT2D eigenvalue weighted by Gasteiger charge is 2.49. The number of anilines is 1. The van der Waals surface area contributed by atoms with Crippen molar-refractivity contribution in [3.8, 4) is 5.75 Å². The molecule has 2 unspecified atom stereocenters. The van der Waals surface area contributed by atoms with Crippen molar-refractivity contribution < 1.29 is 22.7 Å². The van der Waals surface area contributed by atoms with Crippen molar-refractivity contribution in [2.24, 2.45) is 0 Å². The van der Waals surface area contributed by atoms with E-state index in [4.69, 9.17) is 4.74 Å². The first kappa shape index (κ1) is 23.2. The van der Waals surface area contributed by atoms with Crippen molar-refractivity contribution in [3.63, 3.8) is 0 Å². The van der Waals surface area contributed by atoms with Crippen molar-refractivity contribution in [3.05, 3.63) is 77.7 Å². The number of benzene rings is 2. The Kier molecular flexibility index (Phi) is 6.64. The van der Waals surface area contributed by atoms with E-state index in [1.807, 2.05) is 37.3 Å². The molecule has 2 amide bonds. The minimum Gasteiger partial charge on any atom is -0.494 e. The minimum absolute atomic E-state index is 0.130. The van der Waals surface area contributed by atoms with Gasteiger partial charge in [-0.05, 0) is 55.1 Å². The van der Waals surface area contributed by atoms with Crippen LogP contribution in [0.25, 0.3) is 0 Å². The number of hydrogen-bond acceptors (Lipinski definition) is 6. The maximum Gasteiger partial charge on any atom is 0.253 e. The van der Waals surface area contributed by atoms with Crippen molar-refractivity contribution in [1.82, 2.24) is 4.31 Å². The van der Waals surface area contributed by atoms with E-state index in [1.165, 1.54) is 10.4 Å². The fourth-order valence-electron chi connectivity index (χ4n) is 3.98. The molecular formula is C24H24N2O5S2. The molecule has 0 bridgehead atoms. The third-order valence-electron chi connectivity index (χ3n) is 5.53. The van der Waals surface area contributed by atoms with Crippen LogP contribution in [-0.2, 0) is 19.6 Å². The average molecular weight is 485 g/mol. The Morgan fingerprint density at radius 1 is 1.06 bits per heavy atom. The Bertz CT molecular complexity index is 1230. The molecule has 1 aliphatic rings. The number of ether oxygens (including phenoxy) is 1. The van der Waals surface area contributed by atoms with Crippen LogP contribution in [0.4, 0.5) is 5.69 Å². The molecule has 0 aliphatic carbocycles. The second-order valence-electron chi connectivity index (χ2n) is 7.57. The quantitative estimate of drug-likeness (QED) is 0.447. The molecule has 2 aromatic carbocycles. The zero-order valence-corrected chi connectivity index (χ0v) is 19.9. The summed E-state index contributed by atoms with van der Waals surface area (Å²) >= 11 is 1.08. The minimum atomic E-state index is -4.03. The molecule has 7 nitrogen and oxygen atoms in total. The molecule has 1 saturated heterocycles. The first-order valence-electron chi connectivity index (χ1n) is 10.6. The van der Waals surface area contributed by atoms with Gasteiger partial charge in [0.1, 0.15) is 16.0 Å². The van der Waals surface area contributed by atoms with Crippen molar-refractivity contribution >= 4 is 38.9 Å². The summed E-state index contributed by atoms with van der Waals surface area (Å²) in [7, 11) is -4.03. The van der Waals surface area contributed by atoms with Crippen LogP contribution in [0, 0.1) is 0 Å². The van der Waals surface area contributed by atoms with Crippen LogP contribution in [0.1, 0.15) is 31.9 Å². The van der Waals surface area contributed by atoms with E-state index < -0.39 is 33.9 Å². The van der Waals surface area contributed by atoms with Crippen LogP contribution in [0.2, 0.25) is 0 Å². The SMILES string of the molecule is CCOc1ccc(N2C(=O)CC(N(C(C)c3ccccc3)S(=O)(=O)c3cccs3)C2=O)cc1. The van der Waals surface area contributed by atoms with Gasteiger partial charge in [-0.25, -0.2) is 13.3 Å². The molecule has 2 atom stereocenters. The van der Waals surface area contributed by atoms with Crippen LogP contribution in [0.15, 0.2) is 76.3 Å². The molecule has 1 aliphatic heterocycles. The summed E-state index contributed by atoms with van der Waals surface area (Å²) in [6.45, 7) is 4.09. The van der Waals surface area contributed by atoms with E-state index >= 15 is 0 Å². The fourth-order valence-corrected chi connectivity index (χ4v) is 6.84. The van der Waals surface area contributed by atoms with Crippen LogP contribution < -0.4 is 9.64 Å². The van der Waals surface area contributed by atoms with Gasteiger partial charge in [0.25, 0.3) is 15.9 Å². The number of rotatable bonds is 8. The van der Waals surface area contributed by atoms with Crippen molar-refractivity contribution in [1.29, 1.82) is 0 Å². The van der Waals surface area contributed by atoms with Gasteiger partial charge in [0, 0.05) is 6.04 Å². The topological polar surface area (TPSA) is 84.0 Å². The summed E-state index contributed by atoms with van der Waals surface area (Å²) in [5.41, 5.74) is 1.12.